The molecule has 2 saturated heterocycles. The van der Waals surface area contributed by atoms with Crippen LogP contribution in [0.25, 0.3) is 109 Å². The number of aliphatic hydroxyl groups excluding tert-OH is 2. The van der Waals surface area contributed by atoms with Crippen molar-refractivity contribution in [2.75, 3.05) is 52.9 Å². The van der Waals surface area contributed by atoms with E-state index < -0.39 is 14.2 Å². The summed E-state index contributed by atoms with van der Waals surface area (Å²) in [6, 6.07) is 49.5. The van der Waals surface area contributed by atoms with Gasteiger partial charge in [-0.3, -0.25) is 0 Å². The predicted molar refractivity (Wildman–Crippen MR) is 411 cm³/mol. The van der Waals surface area contributed by atoms with Crippen molar-refractivity contribution in [3.63, 3.8) is 0 Å². The van der Waals surface area contributed by atoms with Crippen molar-refractivity contribution in [3.8, 4) is 34.3 Å². The third-order valence-electron chi connectivity index (χ3n) is 19.4. The number of imidazole rings is 2. The van der Waals surface area contributed by atoms with Crippen molar-refractivity contribution in [1.29, 1.82) is 0 Å². The van der Waals surface area contributed by atoms with E-state index in [9.17, 15) is 20.1 Å². The highest BCUT2D eigenvalue weighted by Gasteiger charge is 2.32. The summed E-state index contributed by atoms with van der Waals surface area (Å²) in [5, 5.41) is 68.4. The minimum absolute atomic E-state index is 0.125. The zero-order valence-corrected chi connectivity index (χ0v) is 58.5. The molecule has 20 heteroatoms. The van der Waals surface area contributed by atoms with Crippen LogP contribution in [0.5, 0.6) is 11.5 Å². The smallest absolute Gasteiger partial charge is 0.493 e. The van der Waals surface area contributed by atoms with Crippen LogP contribution >= 0.6 is 0 Å². The normalized spacial score (nSPS) is 13.2. The van der Waals surface area contributed by atoms with Crippen LogP contribution in [-0.2, 0) is 31.7 Å². The molecule has 14 rings (SSSR count). The van der Waals surface area contributed by atoms with Gasteiger partial charge in [0.15, 0.2) is 0 Å². The SMILES string of the molecule is CCCCCCOc1ccc2ccccc2c1-c1nc2c3cc(B(O)O)ccc3c3ccc(B(O)O)cc3c2n1CCCCCC.CCCCCCOc1ccc2ccccc2c1-c1nc2c3cc(B4OCCO4)ccc3c3ccc(B4OCCO4)cc3c2n1CCCCCC.OCCO. The van der Waals surface area contributed by atoms with E-state index in [0.29, 0.717) is 57.1 Å². The van der Waals surface area contributed by atoms with E-state index in [0.717, 1.165) is 192 Å². The molecule has 2 fully saturated rings. The highest BCUT2D eigenvalue weighted by atomic mass is 16.6. The Kier molecular flexibility index (Phi) is 25.0. The fourth-order valence-corrected chi connectivity index (χ4v) is 14.4. The minimum atomic E-state index is -1.62. The summed E-state index contributed by atoms with van der Waals surface area (Å²) in [6.07, 6.45) is 17.9. The van der Waals surface area contributed by atoms with Crippen molar-refractivity contribution in [2.45, 2.75) is 144 Å². The number of fused-ring (bicyclic) bond motifs is 14. The molecule has 10 aromatic carbocycles. The zero-order chi connectivity index (χ0) is 69.5. The molecular weight excluding hydrogens is 1250 g/mol. The predicted octanol–water partition coefficient (Wildman–Crippen LogP) is 13.2. The summed E-state index contributed by atoms with van der Waals surface area (Å²) < 4.78 is 41.9. The maximum absolute atomic E-state index is 10.2. The van der Waals surface area contributed by atoms with E-state index in [4.69, 9.17) is 48.3 Å². The van der Waals surface area contributed by atoms with Crippen molar-refractivity contribution in [2.24, 2.45) is 0 Å². The van der Waals surface area contributed by atoms with E-state index >= 15 is 0 Å². The van der Waals surface area contributed by atoms with Crippen LogP contribution in [0.1, 0.15) is 130 Å². The largest absolute Gasteiger partial charge is 0.494 e. The van der Waals surface area contributed by atoms with Gasteiger partial charge in [-0.25, -0.2) is 9.97 Å². The van der Waals surface area contributed by atoms with Crippen molar-refractivity contribution < 1.29 is 58.4 Å². The third-order valence-corrected chi connectivity index (χ3v) is 19.4. The Bertz CT molecular complexity index is 4740. The molecule has 0 amide bonds. The first-order valence-electron chi connectivity index (χ1n) is 36.6. The number of rotatable bonds is 29. The number of nitrogens with zero attached hydrogens (tertiary/aromatic N) is 4. The first-order chi connectivity index (χ1) is 49.1. The van der Waals surface area contributed by atoms with Gasteiger partial charge < -0.3 is 67.5 Å². The average Bonchev–Trinajstić information content (AvgIpc) is 1.49. The molecule has 0 saturated carbocycles. The van der Waals surface area contributed by atoms with Crippen LogP contribution in [0.3, 0.4) is 0 Å². The topological polar surface area (TPSA) is 212 Å². The van der Waals surface area contributed by atoms with Gasteiger partial charge in [0.2, 0.25) is 0 Å². The lowest BCUT2D eigenvalue weighted by Gasteiger charge is -2.17. The summed E-state index contributed by atoms with van der Waals surface area (Å²) in [5.41, 5.74) is 8.53. The second-order valence-corrected chi connectivity index (χ2v) is 26.4. The number of benzene rings is 10. The Morgan fingerprint density at radius 3 is 1.18 bits per heavy atom. The maximum Gasteiger partial charge on any atom is 0.494 e. The van der Waals surface area contributed by atoms with Gasteiger partial charge >= 0.3 is 28.5 Å². The minimum Gasteiger partial charge on any atom is -0.493 e. The Balaban J connectivity index is 0.000000181. The third kappa shape index (κ3) is 15.8. The monoisotopic (exact) mass is 1350 g/mol. The zero-order valence-electron chi connectivity index (χ0n) is 58.5. The number of unbranched alkanes of at least 4 members (excludes halogenated alkanes) is 12. The summed E-state index contributed by atoms with van der Waals surface area (Å²) in [5.74, 6) is 3.40. The van der Waals surface area contributed by atoms with Gasteiger partial charge in [-0.2, -0.15) is 0 Å². The molecule has 0 aliphatic carbocycles. The highest BCUT2D eigenvalue weighted by Crippen LogP contribution is 2.45. The quantitative estimate of drug-likeness (QED) is 0.0146. The summed E-state index contributed by atoms with van der Waals surface area (Å²) >= 11 is 0. The summed E-state index contributed by atoms with van der Waals surface area (Å²) in [6.45, 7) is 13.9. The van der Waals surface area contributed by atoms with Gasteiger partial charge in [-0.15, -0.1) is 0 Å². The molecule has 100 heavy (non-hydrogen) atoms. The lowest BCUT2D eigenvalue weighted by atomic mass is 9.76. The van der Waals surface area contributed by atoms with Crippen LogP contribution < -0.4 is 31.3 Å². The molecule has 0 bridgehead atoms. The number of aliphatic hydroxyl groups is 2. The number of ether oxygens (including phenoxy) is 2. The van der Waals surface area contributed by atoms with E-state index in [-0.39, 0.29) is 27.5 Å². The van der Waals surface area contributed by atoms with Crippen LogP contribution in [0, 0.1) is 0 Å². The second kappa shape index (κ2) is 34.7. The Hall–Kier alpha value is -7.84. The molecule has 16 nitrogen and oxygen atoms in total. The lowest BCUT2D eigenvalue weighted by molar-refractivity contribution is 0.186. The number of hydrogen-bond donors (Lipinski definition) is 6. The van der Waals surface area contributed by atoms with E-state index in [1.807, 2.05) is 36.4 Å². The van der Waals surface area contributed by atoms with E-state index in [1.54, 1.807) is 12.1 Å². The second-order valence-electron chi connectivity index (χ2n) is 26.4. The molecule has 2 aromatic heterocycles. The molecule has 6 N–H and O–H groups in total. The lowest BCUT2D eigenvalue weighted by Crippen LogP contribution is -2.31. The molecule has 518 valence electrons. The fraction of sp³-hybridized carbons (Fsp3) is 0.375. The number of aromatic nitrogens is 4. The molecule has 0 unspecified atom stereocenters. The standard InChI is InChI=1S/C41H46B2N2O5.C37H42B2N2O5.C2H6O2/c1-3-5-7-11-21-45-40-36-28-31(43-49-25-26-50-43)17-19-34(36)33-18-16-30(42-47-23-24-48-42)27-35(33)39(40)44-41(45)38-32-14-10-9-13-29(32)15-20-37(38)46-22-12-8-6-4-2;1-3-5-7-11-21-41-36-32-24-27(39(44)45)17-19-30(32)29-18-16-26(38(42)43)23-31(29)35(36)40-37(41)34-28-14-10-9-13-25(28)15-20-33(34)46-22-12-8-6-4-2;3-1-2-4/h9-10,13-20,27-28H,3-8,11-12,21-26H2,1-2H3;9-10,13-20,23-24,42-45H,3-8,11-12,21-22H2,1-2H3;3-4H,1-2H2. The molecule has 0 atom stereocenters. The van der Waals surface area contributed by atoms with Crippen LogP contribution in [0.2, 0.25) is 0 Å². The molecule has 0 spiro atoms. The van der Waals surface area contributed by atoms with Gasteiger partial charge in [-0.05, 0) is 103 Å². The first-order valence-corrected chi connectivity index (χ1v) is 36.6. The van der Waals surface area contributed by atoms with Crippen molar-refractivity contribution >= 4 is 137 Å². The summed E-state index contributed by atoms with van der Waals surface area (Å²) in [7, 11) is -3.97. The molecular formula is C80H94B4N4O12. The summed E-state index contributed by atoms with van der Waals surface area (Å²) in [4.78, 5) is 11.1. The Morgan fingerprint density at radius 2 is 0.760 bits per heavy atom. The van der Waals surface area contributed by atoms with Gasteiger partial charge in [0.1, 0.15) is 23.1 Å². The first kappa shape index (κ1) is 72.0. The highest BCUT2D eigenvalue weighted by molar-refractivity contribution is 6.63. The molecule has 0 radical (unpaired) electrons. The van der Waals surface area contributed by atoms with Gasteiger partial charge in [0, 0.05) is 34.6 Å². The number of aryl methyl sites for hydroxylation is 2. The molecule has 12 aromatic rings. The van der Waals surface area contributed by atoms with Gasteiger partial charge in [-0.1, -0.05) is 238 Å². The van der Waals surface area contributed by atoms with Crippen molar-refractivity contribution in [3.05, 3.63) is 146 Å². The maximum atomic E-state index is 10.2. The van der Waals surface area contributed by atoms with Crippen LogP contribution in [0.4, 0.5) is 0 Å². The van der Waals surface area contributed by atoms with E-state index in [1.165, 1.54) is 49.3 Å². The van der Waals surface area contributed by atoms with Crippen LogP contribution in [0.15, 0.2) is 146 Å². The molecule has 2 aliphatic rings. The fourth-order valence-electron chi connectivity index (χ4n) is 14.4. The van der Waals surface area contributed by atoms with Gasteiger partial charge in [0.05, 0.1) is 86.0 Å². The van der Waals surface area contributed by atoms with Crippen LogP contribution in [-0.4, -0.2) is 131 Å². The molecule has 4 heterocycles. The number of hydrogen-bond acceptors (Lipinski definition) is 14. The average molecular weight is 1350 g/mol. The Labute approximate surface area is 587 Å². The molecule has 2 aliphatic heterocycles. The van der Waals surface area contributed by atoms with Crippen molar-refractivity contribution in [1.82, 2.24) is 19.1 Å². The Morgan fingerprint density at radius 1 is 0.390 bits per heavy atom. The van der Waals surface area contributed by atoms with E-state index in [2.05, 4.69) is 134 Å². The van der Waals surface area contributed by atoms with Gasteiger partial charge in [0.25, 0.3) is 0 Å².